The van der Waals surface area contributed by atoms with E-state index in [4.69, 9.17) is 9.47 Å². The molecule has 2 unspecified atom stereocenters. The van der Waals surface area contributed by atoms with Gasteiger partial charge in [-0.15, -0.1) is 0 Å². The summed E-state index contributed by atoms with van der Waals surface area (Å²) < 4.78 is 10.8. The Bertz CT molecular complexity index is 1070. The zero-order chi connectivity index (χ0) is 23.9. The Labute approximate surface area is 206 Å². The molecule has 4 aromatic carbocycles. The van der Waals surface area contributed by atoms with Crippen LogP contribution in [0.4, 0.5) is 0 Å². The van der Waals surface area contributed by atoms with Crippen molar-refractivity contribution in [3.63, 3.8) is 0 Å². The topological polar surface area (TPSA) is 18.5 Å². The minimum absolute atomic E-state index is 0.473. The number of rotatable bonds is 9. The summed E-state index contributed by atoms with van der Waals surface area (Å²) >= 11 is 0. The minimum Gasteiger partial charge on any atom is -0.497 e. The number of aryl methyl sites for hydroxylation is 2. The quantitative estimate of drug-likeness (QED) is 0.275. The number of hydrogen-bond donors (Lipinski definition) is 0. The zero-order valence-corrected chi connectivity index (χ0v) is 22.2. The maximum atomic E-state index is 5.41. The molecule has 0 saturated heterocycles. The van der Waals surface area contributed by atoms with Gasteiger partial charge in [-0.1, -0.05) is 83.9 Å². The van der Waals surface area contributed by atoms with Gasteiger partial charge in [-0.3, -0.25) is 0 Å². The van der Waals surface area contributed by atoms with Gasteiger partial charge in [-0.2, -0.15) is 0 Å². The molecule has 0 heterocycles. The van der Waals surface area contributed by atoms with E-state index in [1.807, 2.05) is 0 Å². The first-order valence-electron chi connectivity index (χ1n) is 11.5. The van der Waals surface area contributed by atoms with Crippen molar-refractivity contribution in [3.8, 4) is 11.5 Å². The van der Waals surface area contributed by atoms with Crippen LogP contribution in [0.15, 0.2) is 97.1 Å². The summed E-state index contributed by atoms with van der Waals surface area (Å²) in [6.45, 7) is 4.31. The molecule has 0 aliphatic rings. The third kappa shape index (κ3) is 6.06. The zero-order valence-electron chi connectivity index (χ0n) is 20.4. The van der Waals surface area contributed by atoms with Gasteiger partial charge in [-0.25, -0.2) is 0 Å². The predicted molar refractivity (Wildman–Crippen MR) is 150 cm³/mol. The Morgan fingerprint density at radius 2 is 0.706 bits per heavy atom. The molecule has 0 aliphatic heterocycles. The van der Waals surface area contributed by atoms with Crippen molar-refractivity contribution in [2.45, 2.75) is 13.8 Å². The molecule has 4 aromatic rings. The van der Waals surface area contributed by atoms with E-state index in [0.29, 0.717) is 0 Å². The molecule has 0 fully saturated rings. The van der Waals surface area contributed by atoms with Crippen molar-refractivity contribution in [1.82, 2.24) is 0 Å². The van der Waals surface area contributed by atoms with Crippen LogP contribution in [0, 0.1) is 13.8 Å². The number of benzene rings is 4. The second-order valence-electron chi connectivity index (χ2n) is 8.37. The van der Waals surface area contributed by atoms with Crippen LogP contribution in [0.3, 0.4) is 0 Å². The smallest absolute Gasteiger partial charge is 0.118 e. The second-order valence-corrected chi connectivity index (χ2v) is 13.0. The first-order valence-corrected chi connectivity index (χ1v) is 14.6. The van der Waals surface area contributed by atoms with E-state index in [1.165, 1.54) is 32.3 Å². The van der Waals surface area contributed by atoms with Crippen LogP contribution in [-0.4, -0.2) is 26.5 Å². The lowest BCUT2D eigenvalue weighted by atomic mass is 10.2. The molecule has 4 rings (SSSR count). The van der Waals surface area contributed by atoms with Crippen LogP contribution in [0.25, 0.3) is 0 Å². The summed E-state index contributed by atoms with van der Waals surface area (Å²) in [5, 5.41) is 5.65. The summed E-state index contributed by atoms with van der Waals surface area (Å²) in [7, 11) is 2.50. The van der Waals surface area contributed by atoms with Crippen molar-refractivity contribution < 1.29 is 9.47 Å². The molecule has 0 aliphatic carbocycles. The van der Waals surface area contributed by atoms with Crippen LogP contribution in [0.5, 0.6) is 11.5 Å². The average Bonchev–Trinajstić information content (AvgIpc) is 2.88. The first-order chi connectivity index (χ1) is 16.6. The van der Waals surface area contributed by atoms with Crippen molar-refractivity contribution in [2.24, 2.45) is 0 Å². The molecule has 0 bridgehead atoms. The normalized spacial score (nSPS) is 12.7. The second kappa shape index (κ2) is 11.7. The Kier molecular flexibility index (Phi) is 8.39. The van der Waals surface area contributed by atoms with Crippen LogP contribution in [0.1, 0.15) is 11.1 Å². The molecule has 0 amide bonds. The van der Waals surface area contributed by atoms with Gasteiger partial charge in [-0.05, 0) is 87.5 Å². The molecule has 2 atom stereocenters. The first kappa shape index (κ1) is 24.5. The lowest BCUT2D eigenvalue weighted by Crippen LogP contribution is -2.20. The predicted octanol–water partition coefficient (Wildman–Crippen LogP) is 5.89. The highest BCUT2D eigenvalue weighted by Crippen LogP contribution is 2.41. The van der Waals surface area contributed by atoms with E-state index in [2.05, 4.69) is 111 Å². The van der Waals surface area contributed by atoms with E-state index in [0.717, 1.165) is 23.8 Å². The third-order valence-corrected chi connectivity index (χ3v) is 11.4. The Balaban J connectivity index is 1.66. The van der Waals surface area contributed by atoms with Gasteiger partial charge in [0.15, 0.2) is 0 Å². The SMILES string of the molecule is COc1ccc(P(CCP(c2ccc(C)cc2)c2ccc(OC)cc2)c2ccc(C)cc2)cc1. The van der Waals surface area contributed by atoms with Crippen molar-refractivity contribution in [3.05, 3.63) is 108 Å². The van der Waals surface area contributed by atoms with E-state index in [-0.39, 0.29) is 0 Å². The van der Waals surface area contributed by atoms with Gasteiger partial charge in [0.25, 0.3) is 0 Å². The largest absolute Gasteiger partial charge is 0.497 e. The Morgan fingerprint density at radius 1 is 0.441 bits per heavy atom. The number of hydrogen-bond acceptors (Lipinski definition) is 2. The highest BCUT2D eigenvalue weighted by Gasteiger charge is 2.20. The van der Waals surface area contributed by atoms with E-state index >= 15 is 0 Å². The molecule has 0 radical (unpaired) electrons. The standard InChI is InChI=1S/C30H32O2P2/c1-23-5-13-27(14-6-23)33(29-17-9-25(31-3)10-18-29)21-22-34(28-15-7-24(2)8-16-28)30-19-11-26(32-4)12-20-30/h5-20H,21-22H2,1-4H3. The van der Waals surface area contributed by atoms with Crippen molar-refractivity contribution >= 4 is 37.1 Å². The molecule has 2 nitrogen and oxygen atoms in total. The summed E-state index contributed by atoms with van der Waals surface area (Å²) in [6.07, 6.45) is 2.27. The third-order valence-electron chi connectivity index (χ3n) is 6.01. The van der Waals surface area contributed by atoms with Gasteiger partial charge in [0.2, 0.25) is 0 Å². The molecular weight excluding hydrogens is 454 g/mol. The van der Waals surface area contributed by atoms with Crippen molar-refractivity contribution in [2.75, 3.05) is 26.5 Å². The van der Waals surface area contributed by atoms with Crippen LogP contribution < -0.4 is 30.7 Å². The van der Waals surface area contributed by atoms with E-state index in [1.54, 1.807) is 14.2 Å². The summed E-state index contributed by atoms with van der Waals surface area (Å²) in [6, 6.07) is 35.5. The molecule has 0 saturated carbocycles. The van der Waals surface area contributed by atoms with Crippen molar-refractivity contribution in [1.29, 1.82) is 0 Å². The molecule has 0 aromatic heterocycles. The minimum atomic E-state index is -0.473. The summed E-state index contributed by atoms with van der Waals surface area (Å²) in [5.74, 6) is 1.81. The Hall–Kier alpha value is -2.66. The fourth-order valence-electron chi connectivity index (χ4n) is 3.99. The highest BCUT2D eigenvalue weighted by molar-refractivity contribution is 7.76. The van der Waals surface area contributed by atoms with Gasteiger partial charge < -0.3 is 9.47 Å². The average molecular weight is 487 g/mol. The number of ether oxygens (including phenoxy) is 2. The fourth-order valence-corrected chi connectivity index (χ4v) is 9.25. The molecule has 4 heteroatoms. The molecule has 0 spiro atoms. The van der Waals surface area contributed by atoms with E-state index < -0.39 is 15.8 Å². The molecular formula is C30H32O2P2. The Morgan fingerprint density at radius 3 is 0.971 bits per heavy atom. The van der Waals surface area contributed by atoms with Crippen LogP contribution >= 0.6 is 15.8 Å². The molecule has 34 heavy (non-hydrogen) atoms. The summed E-state index contributed by atoms with van der Waals surface area (Å²) in [5.41, 5.74) is 2.60. The number of methoxy groups -OCH3 is 2. The molecule has 174 valence electrons. The summed E-state index contributed by atoms with van der Waals surface area (Å²) in [4.78, 5) is 0. The maximum Gasteiger partial charge on any atom is 0.118 e. The lowest BCUT2D eigenvalue weighted by Gasteiger charge is -2.24. The maximum absolute atomic E-state index is 5.41. The fraction of sp³-hybridized carbons (Fsp3) is 0.200. The van der Waals surface area contributed by atoms with Gasteiger partial charge in [0.1, 0.15) is 11.5 Å². The van der Waals surface area contributed by atoms with Crippen LogP contribution in [0.2, 0.25) is 0 Å². The highest BCUT2D eigenvalue weighted by atomic mass is 31.1. The monoisotopic (exact) mass is 486 g/mol. The van der Waals surface area contributed by atoms with Gasteiger partial charge in [0.05, 0.1) is 14.2 Å². The molecule has 0 N–H and O–H groups in total. The lowest BCUT2D eigenvalue weighted by molar-refractivity contribution is 0.415. The van der Waals surface area contributed by atoms with Gasteiger partial charge in [0, 0.05) is 0 Å². The van der Waals surface area contributed by atoms with Gasteiger partial charge >= 0.3 is 0 Å². The van der Waals surface area contributed by atoms with E-state index in [9.17, 15) is 0 Å². The van der Waals surface area contributed by atoms with Crippen LogP contribution in [-0.2, 0) is 0 Å².